The molecule has 0 aliphatic heterocycles. The van der Waals surface area contributed by atoms with E-state index in [-0.39, 0.29) is 11.7 Å². The van der Waals surface area contributed by atoms with Gasteiger partial charge in [0.15, 0.2) is 0 Å². The third kappa shape index (κ3) is 5.30. The number of carbonyl (C=O) groups excluding carboxylic acids is 1. The van der Waals surface area contributed by atoms with E-state index >= 15 is 0 Å². The quantitative estimate of drug-likeness (QED) is 0.852. The van der Waals surface area contributed by atoms with E-state index in [2.05, 4.69) is 5.32 Å². The SMILES string of the molecule is CN(CC(=O)NCCc1ccccc1F)Cc1ccccc1. The van der Waals surface area contributed by atoms with Crippen molar-refractivity contribution in [2.45, 2.75) is 13.0 Å². The van der Waals surface area contributed by atoms with Crippen molar-refractivity contribution in [3.8, 4) is 0 Å². The normalized spacial score (nSPS) is 10.7. The van der Waals surface area contributed by atoms with Crippen LogP contribution in [-0.4, -0.2) is 30.9 Å². The molecular weight excluding hydrogens is 279 g/mol. The van der Waals surface area contributed by atoms with E-state index < -0.39 is 0 Å². The number of nitrogens with zero attached hydrogens (tertiary/aromatic N) is 1. The molecule has 0 radical (unpaired) electrons. The van der Waals surface area contributed by atoms with Gasteiger partial charge < -0.3 is 5.32 Å². The van der Waals surface area contributed by atoms with Crippen molar-refractivity contribution < 1.29 is 9.18 Å². The van der Waals surface area contributed by atoms with Crippen molar-refractivity contribution in [3.05, 3.63) is 71.5 Å². The highest BCUT2D eigenvalue weighted by molar-refractivity contribution is 5.77. The first-order valence-corrected chi connectivity index (χ1v) is 7.38. The van der Waals surface area contributed by atoms with Crippen LogP contribution in [0.5, 0.6) is 0 Å². The van der Waals surface area contributed by atoms with E-state index in [0.717, 1.165) is 6.54 Å². The second kappa shape index (κ2) is 8.29. The fraction of sp³-hybridized carbons (Fsp3) is 0.278. The number of halogens is 1. The molecule has 0 aromatic heterocycles. The zero-order chi connectivity index (χ0) is 15.8. The van der Waals surface area contributed by atoms with Gasteiger partial charge in [0.25, 0.3) is 0 Å². The predicted molar refractivity (Wildman–Crippen MR) is 85.9 cm³/mol. The molecule has 0 aliphatic carbocycles. The zero-order valence-electron chi connectivity index (χ0n) is 12.8. The van der Waals surface area contributed by atoms with Crippen molar-refractivity contribution in [1.29, 1.82) is 0 Å². The Labute approximate surface area is 130 Å². The lowest BCUT2D eigenvalue weighted by Crippen LogP contribution is -2.35. The number of likely N-dealkylation sites (N-methyl/N-ethyl adjacent to an activating group) is 1. The Hall–Kier alpha value is -2.20. The van der Waals surface area contributed by atoms with Crippen LogP contribution >= 0.6 is 0 Å². The minimum Gasteiger partial charge on any atom is -0.355 e. The molecule has 1 amide bonds. The maximum absolute atomic E-state index is 13.4. The Morgan fingerprint density at radius 3 is 2.50 bits per heavy atom. The number of carbonyl (C=O) groups is 1. The molecule has 116 valence electrons. The molecule has 2 rings (SSSR count). The molecule has 0 saturated carbocycles. The number of hydrogen-bond acceptors (Lipinski definition) is 2. The van der Waals surface area contributed by atoms with Crippen LogP contribution in [0.4, 0.5) is 4.39 Å². The Kier molecular flexibility index (Phi) is 6.10. The topological polar surface area (TPSA) is 32.3 Å². The van der Waals surface area contributed by atoms with Gasteiger partial charge in [0, 0.05) is 13.1 Å². The maximum atomic E-state index is 13.4. The molecule has 22 heavy (non-hydrogen) atoms. The first-order chi connectivity index (χ1) is 10.6. The fourth-order valence-electron chi connectivity index (χ4n) is 2.29. The summed E-state index contributed by atoms with van der Waals surface area (Å²) < 4.78 is 13.4. The largest absolute Gasteiger partial charge is 0.355 e. The first-order valence-electron chi connectivity index (χ1n) is 7.38. The highest BCUT2D eigenvalue weighted by atomic mass is 19.1. The van der Waals surface area contributed by atoms with Gasteiger partial charge in [0.05, 0.1) is 6.54 Å². The average Bonchev–Trinajstić information content (AvgIpc) is 2.50. The van der Waals surface area contributed by atoms with Crippen LogP contribution in [0, 0.1) is 5.82 Å². The summed E-state index contributed by atoms with van der Waals surface area (Å²) in [6.07, 6.45) is 0.501. The molecule has 0 atom stereocenters. The van der Waals surface area contributed by atoms with Crippen molar-refractivity contribution >= 4 is 5.91 Å². The molecule has 0 saturated heterocycles. The molecule has 2 aromatic carbocycles. The van der Waals surface area contributed by atoms with Crippen molar-refractivity contribution in [3.63, 3.8) is 0 Å². The van der Waals surface area contributed by atoms with Crippen molar-refractivity contribution in [1.82, 2.24) is 10.2 Å². The van der Waals surface area contributed by atoms with E-state index in [1.165, 1.54) is 11.6 Å². The van der Waals surface area contributed by atoms with E-state index in [4.69, 9.17) is 0 Å². The summed E-state index contributed by atoms with van der Waals surface area (Å²) >= 11 is 0. The van der Waals surface area contributed by atoms with Gasteiger partial charge in [-0.2, -0.15) is 0 Å². The molecule has 0 heterocycles. The minimum atomic E-state index is -0.224. The molecule has 3 nitrogen and oxygen atoms in total. The number of benzene rings is 2. The third-order valence-electron chi connectivity index (χ3n) is 3.38. The van der Waals surface area contributed by atoms with E-state index in [1.807, 2.05) is 42.3 Å². The molecule has 0 spiro atoms. The van der Waals surface area contributed by atoms with Crippen LogP contribution in [0.1, 0.15) is 11.1 Å². The summed E-state index contributed by atoms with van der Waals surface area (Å²) in [6.45, 7) is 1.49. The van der Waals surface area contributed by atoms with Crippen molar-refractivity contribution in [2.24, 2.45) is 0 Å². The van der Waals surface area contributed by atoms with Gasteiger partial charge in [-0.3, -0.25) is 9.69 Å². The average molecular weight is 300 g/mol. The molecule has 0 unspecified atom stereocenters. The van der Waals surface area contributed by atoms with Gasteiger partial charge in [-0.25, -0.2) is 4.39 Å². The van der Waals surface area contributed by atoms with Crippen LogP contribution in [-0.2, 0) is 17.8 Å². The summed E-state index contributed by atoms with van der Waals surface area (Å²) in [7, 11) is 1.91. The van der Waals surface area contributed by atoms with Gasteiger partial charge in [0.2, 0.25) is 5.91 Å². The summed E-state index contributed by atoms with van der Waals surface area (Å²) in [4.78, 5) is 13.8. The lowest BCUT2D eigenvalue weighted by atomic mass is 10.1. The van der Waals surface area contributed by atoms with Gasteiger partial charge in [-0.05, 0) is 30.7 Å². The lowest BCUT2D eigenvalue weighted by molar-refractivity contribution is -0.122. The Bertz CT molecular complexity index is 601. The monoisotopic (exact) mass is 300 g/mol. The number of nitrogens with one attached hydrogen (secondary N) is 1. The van der Waals surface area contributed by atoms with Crippen LogP contribution in [0.2, 0.25) is 0 Å². The van der Waals surface area contributed by atoms with Crippen molar-refractivity contribution in [2.75, 3.05) is 20.1 Å². The molecule has 2 aromatic rings. The van der Waals surface area contributed by atoms with Gasteiger partial charge in [-0.15, -0.1) is 0 Å². The summed E-state index contributed by atoms with van der Waals surface area (Å²) in [5.41, 5.74) is 1.80. The Morgan fingerprint density at radius 1 is 1.09 bits per heavy atom. The molecular formula is C18H21FN2O. The Balaban J connectivity index is 1.70. The zero-order valence-corrected chi connectivity index (χ0v) is 12.8. The van der Waals surface area contributed by atoms with Gasteiger partial charge >= 0.3 is 0 Å². The van der Waals surface area contributed by atoms with E-state index in [9.17, 15) is 9.18 Å². The first kappa shape index (κ1) is 16.2. The van der Waals surface area contributed by atoms with Crippen LogP contribution < -0.4 is 5.32 Å². The minimum absolute atomic E-state index is 0.0465. The number of rotatable bonds is 7. The van der Waals surface area contributed by atoms with E-state index in [1.54, 1.807) is 18.2 Å². The second-order valence-electron chi connectivity index (χ2n) is 5.35. The molecule has 0 bridgehead atoms. The third-order valence-corrected chi connectivity index (χ3v) is 3.38. The highest BCUT2D eigenvalue weighted by Crippen LogP contribution is 2.06. The van der Waals surface area contributed by atoms with Gasteiger partial charge in [0.1, 0.15) is 5.82 Å². The highest BCUT2D eigenvalue weighted by Gasteiger charge is 2.07. The maximum Gasteiger partial charge on any atom is 0.234 e. The molecule has 4 heteroatoms. The van der Waals surface area contributed by atoms with Gasteiger partial charge in [-0.1, -0.05) is 48.5 Å². The Morgan fingerprint density at radius 2 is 1.77 bits per heavy atom. The lowest BCUT2D eigenvalue weighted by Gasteiger charge is -2.16. The smallest absolute Gasteiger partial charge is 0.234 e. The number of amides is 1. The van der Waals surface area contributed by atoms with Crippen LogP contribution in [0.25, 0.3) is 0 Å². The predicted octanol–water partition coefficient (Wildman–Crippen LogP) is 2.62. The molecule has 0 fully saturated rings. The van der Waals surface area contributed by atoms with Crippen LogP contribution in [0.15, 0.2) is 54.6 Å². The number of hydrogen-bond donors (Lipinski definition) is 1. The fourth-order valence-corrected chi connectivity index (χ4v) is 2.29. The second-order valence-corrected chi connectivity index (χ2v) is 5.35. The molecule has 1 N–H and O–H groups in total. The van der Waals surface area contributed by atoms with E-state index in [0.29, 0.717) is 25.1 Å². The standard InChI is InChI=1S/C18H21FN2O/c1-21(13-15-7-3-2-4-8-15)14-18(22)20-12-11-16-9-5-6-10-17(16)19/h2-10H,11-14H2,1H3,(H,20,22). The molecule has 0 aliphatic rings. The summed E-state index contributed by atoms with van der Waals surface area (Å²) in [5, 5.41) is 2.83. The summed E-state index contributed by atoms with van der Waals surface area (Å²) in [6, 6.07) is 16.6. The van der Waals surface area contributed by atoms with Crippen LogP contribution in [0.3, 0.4) is 0 Å². The summed E-state index contributed by atoms with van der Waals surface area (Å²) in [5.74, 6) is -0.271.